The number of para-hydroxylation sites is 1. The zero-order valence-electron chi connectivity index (χ0n) is 9.07. The molecule has 0 fully saturated rings. The molecular formula is C13H13NOS. The third kappa shape index (κ3) is 2.49. The summed E-state index contributed by atoms with van der Waals surface area (Å²) >= 11 is 5.09. The second kappa shape index (κ2) is 4.94. The minimum absolute atomic E-state index is 0.757. The van der Waals surface area contributed by atoms with Crippen molar-refractivity contribution in [2.45, 2.75) is 6.42 Å². The fraction of sp³-hybridized carbons (Fsp3) is 0.154. The number of hydrogen-bond donors (Lipinski definition) is 1. The summed E-state index contributed by atoms with van der Waals surface area (Å²) in [6.07, 6.45) is 2.70. The van der Waals surface area contributed by atoms with Crippen LogP contribution in [0.25, 0.3) is 0 Å². The van der Waals surface area contributed by atoms with Crippen LogP contribution in [0.1, 0.15) is 11.1 Å². The van der Waals surface area contributed by atoms with Crippen LogP contribution in [0.4, 0.5) is 0 Å². The average molecular weight is 231 g/mol. The second-order valence-corrected chi connectivity index (χ2v) is 3.99. The van der Waals surface area contributed by atoms with Crippen molar-refractivity contribution in [1.29, 1.82) is 0 Å². The molecule has 0 radical (unpaired) electrons. The van der Waals surface area contributed by atoms with Crippen LogP contribution >= 0.6 is 12.2 Å². The molecule has 0 bridgehead atoms. The molecule has 2 rings (SSSR count). The standard InChI is InChI=1S/C13H13NOS/c1-15-12-5-3-2-4-11(12)8-10-6-7-14-13(16)9-10/h2-7,9H,8H2,1H3,(H,14,16). The molecule has 0 aliphatic heterocycles. The first-order chi connectivity index (χ1) is 7.79. The molecule has 3 heteroatoms. The van der Waals surface area contributed by atoms with Gasteiger partial charge in [0.05, 0.1) is 7.11 Å². The van der Waals surface area contributed by atoms with Gasteiger partial charge in [-0.1, -0.05) is 30.4 Å². The van der Waals surface area contributed by atoms with E-state index in [2.05, 4.69) is 11.1 Å². The van der Waals surface area contributed by atoms with Gasteiger partial charge in [0, 0.05) is 12.6 Å². The second-order valence-electron chi connectivity index (χ2n) is 3.55. The topological polar surface area (TPSA) is 25.0 Å². The number of ether oxygens (including phenoxy) is 1. The largest absolute Gasteiger partial charge is 0.496 e. The van der Waals surface area contributed by atoms with Gasteiger partial charge in [0.15, 0.2) is 0 Å². The normalized spacial score (nSPS) is 10.1. The zero-order valence-corrected chi connectivity index (χ0v) is 9.88. The minimum Gasteiger partial charge on any atom is -0.496 e. The fourth-order valence-corrected chi connectivity index (χ4v) is 1.89. The van der Waals surface area contributed by atoms with Crippen LogP contribution in [0.2, 0.25) is 0 Å². The Morgan fingerprint density at radius 1 is 1.25 bits per heavy atom. The molecule has 2 nitrogen and oxygen atoms in total. The molecule has 0 atom stereocenters. The average Bonchev–Trinajstić information content (AvgIpc) is 2.30. The van der Waals surface area contributed by atoms with Crippen LogP contribution in [0.3, 0.4) is 0 Å². The van der Waals surface area contributed by atoms with Crippen LogP contribution in [0, 0.1) is 4.64 Å². The molecule has 0 amide bonds. The quantitative estimate of drug-likeness (QED) is 0.819. The summed E-state index contributed by atoms with van der Waals surface area (Å²) in [7, 11) is 1.69. The molecule has 0 aliphatic carbocycles. The predicted octanol–water partition coefficient (Wildman–Crippen LogP) is 3.34. The smallest absolute Gasteiger partial charge is 0.122 e. The number of methoxy groups -OCH3 is 1. The minimum atomic E-state index is 0.757. The van der Waals surface area contributed by atoms with Gasteiger partial charge in [0.2, 0.25) is 0 Å². The van der Waals surface area contributed by atoms with Crippen LogP contribution in [-0.2, 0) is 6.42 Å². The lowest BCUT2D eigenvalue weighted by Crippen LogP contribution is -1.93. The van der Waals surface area contributed by atoms with E-state index in [1.54, 1.807) is 7.11 Å². The highest BCUT2D eigenvalue weighted by Gasteiger charge is 2.02. The molecule has 1 heterocycles. The molecule has 1 aromatic heterocycles. The van der Waals surface area contributed by atoms with Crippen LogP contribution in [0.5, 0.6) is 5.75 Å². The Hall–Kier alpha value is -1.61. The van der Waals surface area contributed by atoms with E-state index in [1.807, 2.05) is 36.5 Å². The summed E-state index contributed by atoms with van der Waals surface area (Å²) in [5.74, 6) is 0.918. The van der Waals surface area contributed by atoms with Crippen molar-refractivity contribution in [2.24, 2.45) is 0 Å². The SMILES string of the molecule is COc1ccccc1Cc1cc[nH]c(=S)c1. The molecule has 0 saturated heterocycles. The Labute approximate surface area is 99.9 Å². The van der Waals surface area contributed by atoms with Crippen LogP contribution < -0.4 is 4.74 Å². The Morgan fingerprint density at radius 3 is 2.81 bits per heavy atom. The van der Waals surface area contributed by atoms with Gasteiger partial charge in [0.25, 0.3) is 0 Å². The number of aromatic amines is 1. The van der Waals surface area contributed by atoms with Gasteiger partial charge in [-0.05, 0) is 29.3 Å². The van der Waals surface area contributed by atoms with Crippen molar-refractivity contribution in [3.05, 3.63) is 58.4 Å². The summed E-state index contributed by atoms with van der Waals surface area (Å²) in [6.45, 7) is 0. The van der Waals surface area contributed by atoms with Gasteiger partial charge in [0.1, 0.15) is 10.4 Å². The van der Waals surface area contributed by atoms with E-state index in [9.17, 15) is 0 Å². The maximum Gasteiger partial charge on any atom is 0.122 e. The highest BCUT2D eigenvalue weighted by Crippen LogP contribution is 2.20. The van der Waals surface area contributed by atoms with E-state index in [1.165, 1.54) is 11.1 Å². The Bertz CT molecular complexity index is 533. The molecule has 0 unspecified atom stereocenters. The van der Waals surface area contributed by atoms with Gasteiger partial charge in [-0.2, -0.15) is 0 Å². The molecule has 0 aliphatic rings. The summed E-state index contributed by atoms with van der Waals surface area (Å²) < 4.78 is 6.07. The van der Waals surface area contributed by atoms with Gasteiger partial charge in [-0.15, -0.1) is 0 Å². The summed E-state index contributed by atoms with van der Waals surface area (Å²) in [6, 6.07) is 12.0. The number of rotatable bonds is 3. The van der Waals surface area contributed by atoms with Crippen molar-refractivity contribution in [1.82, 2.24) is 4.98 Å². The van der Waals surface area contributed by atoms with E-state index in [4.69, 9.17) is 17.0 Å². The van der Waals surface area contributed by atoms with E-state index < -0.39 is 0 Å². The van der Waals surface area contributed by atoms with Crippen molar-refractivity contribution < 1.29 is 4.74 Å². The molecule has 1 aromatic carbocycles. The summed E-state index contributed by atoms with van der Waals surface area (Å²) in [5, 5.41) is 0. The zero-order chi connectivity index (χ0) is 11.4. The Balaban J connectivity index is 2.30. The molecule has 0 saturated carbocycles. The van der Waals surface area contributed by atoms with Crippen molar-refractivity contribution in [3.8, 4) is 5.75 Å². The van der Waals surface area contributed by atoms with Gasteiger partial charge >= 0.3 is 0 Å². The highest BCUT2D eigenvalue weighted by atomic mass is 32.1. The third-order valence-corrected chi connectivity index (χ3v) is 2.66. The van der Waals surface area contributed by atoms with Crippen molar-refractivity contribution >= 4 is 12.2 Å². The maximum absolute atomic E-state index is 5.31. The predicted molar refractivity (Wildman–Crippen MR) is 67.4 cm³/mol. The number of H-pyrrole nitrogens is 1. The molecular weight excluding hydrogens is 218 g/mol. The third-order valence-electron chi connectivity index (χ3n) is 2.43. The number of benzene rings is 1. The summed E-state index contributed by atoms with van der Waals surface area (Å²) in [5.41, 5.74) is 2.36. The van der Waals surface area contributed by atoms with E-state index in [-0.39, 0.29) is 0 Å². The van der Waals surface area contributed by atoms with Gasteiger partial charge < -0.3 is 9.72 Å². The maximum atomic E-state index is 5.31. The molecule has 16 heavy (non-hydrogen) atoms. The molecule has 82 valence electrons. The number of pyridine rings is 1. The lowest BCUT2D eigenvalue weighted by Gasteiger charge is -2.07. The van der Waals surface area contributed by atoms with Crippen LogP contribution in [0.15, 0.2) is 42.6 Å². The molecule has 1 N–H and O–H groups in total. The molecule has 2 aromatic rings. The number of aromatic nitrogens is 1. The Kier molecular flexibility index (Phi) is 3.37. The Morgan fingerprint density at radius 2 is 2.06 bits per heavy atom. The fourth-order valence-electron chi connectivity index (χ4n) is 1.67. The first-order valence-electron chi connectivity index (χ1n) is 5.09. The van der Waals surface area contributed by atoms with Crippen molar-refractivity contribution in [2.75, 3.05) is 7.11 Å². The lowest BCUT2D eigenvalue weighted by molar-refractivity contribution is 0.410. The highest BCUT2D eigenvalue weighted by molar-refractivity contribution is 7.71. The number of hydrogen-bond acceptors (Lipinski definition) is 2. The van der Waals surface area contributed by atoms with E-state index in [0.717, 1.165) is 16.8 Å². The first kappa shape index (κ1) is 10.9. The van der Waals surface area contributed by atoms with Gasteiger partial charge in [-0.25, -0.2) is 0 Å². The molecule has 0 spiro atoms. The lowest BCUT2D eigenvalue weighted by atomic mass is 10.1. The van der Waals surface area contributed by atoms with Gasteiger partial charge in [-0.3, -0.25) is 0 Å². The van der Waals surface area contributed by atoms with Crippen LogP contribution in [-0.4, -0.2) is 12.1 Å². The van der Waals surface area contributed by atoms with Crippen molar-refractivity contribution in [3.63, 3.8) is 0 Å². The monoisotopic (exact) mass is 231 g/mol. The first-order valence-corrected chi connectivity index (χ1v) is 5.50. The van der Waals surface area contributed by atoms with E-state index in [0.29, 0.717) is 0 Å². The number of nitrogens with one attached hydrogen (secondary N) is 1. The summed E-state index contributed by atoms with van der Waals surface area (Å²) in [4.78, 5) is 2.97. The van der Waals surface area contributed by atoms with E-state index >= 15 is 0 Å².